The van der Waals surface area contributed by atoms with Gasteiger partial charge in [-0.25, -0.2) is 0 Å². The van der Waals surface area contributed by atoms with Crippen molar-refractivity contribution in [2.24, 2.45) is 5.92 Å². The predicted molar refractivity (Wildman–Crippen MR) is 76.0 cm³/mol. The van der Waals surface area contributed by atoms with E-state index in [9.17, 15) is 9.59 Å². The van der Waals surface area contributed by atoms with E-state index in [2.05, 4.69) is 5.32 Å². The number of carbonyl (C=O) groups excluding carboxylic acids is 2. The Morgan fingerprint density at radius 3 is 2.59 bits per heavy atom. The molecule has 0 atom stereocenters. The van der Waals surface area contributed by atoms with E-state index in [1.54, 1.807) is 17.0 Å². The van der Waals surface area contributed by atoms with Gasteiger partial charge >= 0.3 is 0 Å². The van der Waals surface area contributed by atoms with Crippen LogP contribution in [0.25, 0.3) is 0 Å². The van der Waals surface area contributed by atoms with E-state index < -0.39 is 0 Å². The summed E-state index contributed by atoms with van der Waals surface area (Å²) in [7, 11) is 0. The van der Waals surface area contributed by atoms with Crippen LogP contribution in [0.4, 0.5) is 0 Å². The number of amides is 2. The van der Waals surface area contributed by atoms with Gasteiger partial charge in [-0.3, -0.25) is 9.59 Å². The second kappa shape index (κ2) is 6.93. The summed E-state index contributed by atoms with van der Waals surface area (Å²) < 4.78 is 16.0. The van der Waals surface area contributed by atoms with Gasteiger partial charge in [0, 0.05) is 19.0 Å². The Labute approximate surface area is 128 Å². The molecule has 1 aromatic heterocycles. The van der Waals surface area contributed by atoms with E-state index in [-0.39, 0.29) is 30.4 Å². The number of hydrogen-bond acceptors (Lipinski definition) is 5. The van der Waals surface area contributed by atoms with Gasteiger partial charge in [0.05, 0.1) is 26.0 Å². The fourth-order valence-electron chi connectivity index (χ4n) is 2.83. The first-order chi connectivity index (χ1) is 10.7. The third-order valence-corrected chi connectivity index (χ3v) is 4.07. The Balaban J connectivity index is 1.41. The van der Waals surface area contributed by atoms with Crippen molar-refractivity contribution in [3.63, 3.8) is 0 Å². The van der Waals surface area contributed by atoms with Crippen molar-refractivity contribution in [2.75, 3.05) is 32.8 Å². The van der Waals surface area contributed by atoms with E-state index in [0.29, 0.717) is 32.2 Å². The second-order valence-electron chi connectivity index (χ2n) is 5.49. The van der Waals surface area contributed by atoms with Gasteiger partial charge < -0.3 is 24.1 Å². The van der Waals surface area contributed by atoms with Crippen LogP contribution in [0.1, 0.15) is 23.4 Å². The number of likely N-dealkylation sites (tertiary alicyclic amines) is 1. The zero-order valence-corrected chi connectivity index (χ0v) is 12.3. The molecular formula is C15H20N2O5. The molecular weight excluding hydrogens is 288 g/mol. The van der Waals surface area contributed by atoms with Crippen molar-refractivity contribution in [3.05, 3.63) is 24.2 Å². The minimum absolute atomic E-state index is 0.0133. The zero-order chi connectivity index (χ0) is 15.4. The van der Waals surface area contributed by atoms with Crippen LogP contribution in [0.5, 0.6) is 0 Å². The predicted octanol–water partition coefficient (Wildman–Crippen LogP) is 0.621. The number of nitrogens with zero attached hydrogens (tertiary/aromatic N) is 1. The van der Waals surface area contributed by atoms with Crippen LogP contribution in [-0.2, 0) is 14.3 Å². The molecule has 0 unspecified atom stereocenters. The summed E-state index contributed by atoms with van der Waals surface area (Å²) in [5, 5.41) is 2.58. The molecule has 2 fully saturated rings. The van der Waals surface area contributed by atoms with Crippen molar-refractivity contribution in [2.45, 2.75) is 19.1 Å². The van der Waals surface area contributed by atoms with E-state index >= 15 is 0 Å². The van der Waals surface area contributed by atoms with Gasteiger partial charge in [0.1, 0.15) is 0 Å². The van der Waals surface area contributed by atoms with Crippen LogP contribution in [0.2, 0.25) is 0 Å². The minimum Gasteiger partial charge on any atom is -0.459 e. The molecule has 0 aliphatic carbocycles. The van der Waals surface area contributed by atoms with E-state index in [0.717, 1.165) is 12.8 Å². The topological polar surface area (TPSA) is 81.0 Å². The second-order valence-corrected chi connectivity index (χ2v) is 5.49. The average Bonchev–Trinajstić information content (AvgIpc) is 3.25. The van der Waals surface area contributed by atoms with Gasteiger partial charge in [-0.2, -0.15) is 0 Å². The lowest BCUT2D eigenvalue weighted by molar-refractivity contribution is -0.135. The number of hydrogen-bond donors (Lipinski definition) is 1. The summed E-state index contributed by atoms with van der Waals surface area (Å²) in [5.74, 6) is 0.110. The molecule has 22 heavy (non-hydrogen) atoms. The molecule has 2 saturated heterocycles. The number of rotatable bonds is 4. The highest BCUT2D eigenvalue weighted by Crippen LogP contribution is 2.25. The molecule has 3 heterocycles. The number of ether oxygens (including phenoxy) is 2. The zero-order valence-electron chi connectivity index (χ0n) is 12.3. The summed E-state index contributed by atoms with van der Waals surface area (Å²) in [5.41, 5.74) is 0. The third-order valence-electron chi connectivity index (χ3n) is 4.07. The standard InChI is InChI=1S/C15H20N2O5/c18-13(10-16-14(19)12-2-1-7-20-12)17-5-3-11(4-6-17)15-21-8-9-22-15/h1-2,7,11,15H,3-6,8-10H2,(H,16,19). The monoisotopic (exact) mass is 308 g/mol. The first-order valence-corrected chi connectivity index (χ1v) is 7.57. The number of carbonyl (C=O) groups is 2. The van der Waals surface area contributed by atoms with Gasteiger partial charge in [0.15, 0.2) is 12.1 Å². The first kappa shape index (κ1) is 15.1. The Morgan fingerprint density at radius 1 is 1.23 bits per heavy atom. The maximum absolute atomic E-state index is 12.1. The molecule has 7 heteroatoms. The Kier molecular flexibility index (Phi) is 4.74. The normalized spacial score (nSPS) is 20.3. The van der Waals surface area contributed by atoms with Gasteiger partial charge in [-0.15, -0.1) is 0 Å². The molecule has 3 rings (SSSR count). The molecule has 7 nitrogen and oxygen atoms in total. The van der Waals surface area contributed by atoms with E-state index in [1.807, 2.05) is 0 Å². The molecule has 0 spiro atoms. The SMILES string of the molecule is O=C(NCC(=O)N1CCC(C2OCCO2)CC1)c1ccco1. The Hall–Kier alpha value is -1.86. The maximum Gasteiger partial charge on any atom is 0.287 e. The van der Waals surface area contributed by atoms with Gasteiger partial charge in [0.2, 0.25) is 5.91 Å². The molecule has 120 valence electrons. The molecule has 2 aliphatic heterocycles. The maximum atomic E-state index is 12.1. The third kappa shape index (κ3) is 3.48. The molecule has 2 amide bonds. The van der Waals surface area contributed by atoms with Crippen LogP contribution >= 0.6 is 0 Å². The van der Waals surface area contributed by atoms with Crippen molar-refractivity contribution in [1.29, 1.82) is 0 Å². The molecule has 0 aromatic carbocycles. The fourth-order valence-corrected chi connectivity index (χ4v) is 2.83. The van der Waals surface area contributed by atoms with E-state index in [1.165, 1.54) is 6.26 Å². The van der Waals surface area contributed by atoms with Crippen molar-refractivity contribution in [1.82, 2.24) is 10.2 Å². The Morgan fingerprint density at radius 2 is 1.95 bits per heavy atom. The molecule has 0 radical (unpaired) electrons. The largest absolute Gasteiger partial charge is 0.459 e. The lowest BCUT2D eigenvalue weighted by Gasteiger charge is -2.33. The van der Waals surface area contributed by atoms with Crippen LogP contribution < -0.4 is 5.32 Å². The summed E-state index contributed by atoms with van der Waals surface area (Å²) in [6, 6.07) is 3.20. The quantitative estimate of drug-likeness (QED) is 0.882. The molecule has 0 bridgehead atoms. The van der Waals surface area contributed by atoms with Crippen molar-refractivity contribution >= 4 is 11.8 Å². The average molecular weight is 308 g/mol. The number of nitrogens with one attached hydrogen (secondary N) is 1. The summed E-state index contributed by atoms with van der Waals surface area (Å²) in [6.45, 7) is 2.64. The fraction of sp³-hybridized carbons (Fsp3) is 0.600. The Bertz CT molecular complexity index is 502. The van der Waals surface area contributed by atoms with Crippen LogP contribution in [0.3, 0.4) is 0 Å². The molecule has 1 N–H and O–H groups in total. The lowest BCUT2D eigenvalue weighted by Crippen LogP contribution is -2.45. The van der Waals surface area contributed by atoms with E-state index in [4.69, 9.17) is 13.9 Å². The summed E-state index contributed by atoms with van der Waals surface area (Å²) in [6.07, 6.45) is 3.04. The molecule has 2 aliphatic rings. The summed E-state index contributed by atoms with van der Waals surface area (Å²) >= 11 is 0. The van der Waals surface area contributed by atoms with Crippen LogP contribution in [-0.4, -0.2) is 55.9 Å². The number of furan rings is 1. The first-order valence-electron chi connectivity index (χ1n) is 7.57. The molecule has 0 saturated carbocycles. The van der Waals surface area contributed by atoms with Gasteiger partial charge in [-0.05, 0) is 25.0 Å². The summed E-state index contributed by atoms with van der Waals surface area (Å²) in [4.78, 5) is 25.6. The number of piperidine rings is 1. The highest BCUT2D eigenvalue weighted by Gasteiger charge is 2.31. The van der Waals surface area contributed by atoms with Crippen LogP contribution in [0, 0.1) is 5.92 Å². The minimum atomic E-state index is -0.374. The van der Waals surface area contributed by atoms with Crippen molar-refractivity contribution in [3.8, 4) is 0 Å². The smallest absolute Gasteiger partial charge is 0.287 e. The highest BCUT2D eigenvalue weighted by molar-refractivity contribution is 5.94. The van der Waals surface area contributed by atoms with Crippen LogP contribution in [0.15, 0.2) is 22.8 Å². The highest BCUT2D eigenvalue weighted by atomic mass is 16.7. The van der Waals surface area contributed by atoms with Crippen molar-refractivity contribution < 1.29 is 23.5 Å². The van der Waals surface area contributed by atoms with Gasteiger partial charge in [0.25, 0.3) is 5.91 Å². The van der Waals surface area contributed by atoms with Gasteiger partial charge in [-0.1, -0.05) is 0 Å². The molecule has 1 aromatic rings. The lowest BCUT2D eigenvalue weighted by atomic mass is 9.96.